The van der Waals surface area contributed by atoms with Crippen molar-refractivity contribution < 1.29 is 4.79 Å². The SMILES string of the molecule is CCN(CC)CC1CCN(C(=O)C2CCC(N)C2)CC1.Cl.Cl. The first-order valence-corrected chi connectivity index (χ1v) is 8.40. The summed E-state index contributed by atoms with van der Waals surface area (Å²) in [7, 11) is 0. The molecule has 1 heterocycles. The van der Waals surface area contributed by atoms with Crippen LogP contribution in [0, 0.1) is 11.8 Å². The number of amides is 1. The van der Waals surface area contributed by atoms with Crippen molar-refractivity contribution in [3.8, 4) is 0 Å². The topological polar surface area (TPSA) is 49.6 Å². The quantitative estimate of drug-likeness (QED) is 0.825. The molecule has 1 saturated carbocycles. The standard InChI is InChI=1S/C16H31N3O.2ClH/c1-3-18(4-2)12-13-7-9-19(10-8-13)16(20)14-5-6-15(17)11-14;;/h13-15H,3-12,17H2,1-2H3;2*1H. The lowest BCUT2D eigenvalue weighted by atomic mass is 9.94. The van der Waals surface area contributed by atoms with E-state index in [1.54, 1.807) is 0 Å². The average Bonchev–Trinajstić information content (AvgIpc) is 2.91. The molecule has 132 valence electrons. The van der Waals surface area contributed by atoms with Crippen LogP contribution >= 0.6 is 24.8 Å². The highest BCUT2D eigenvalue weighted by Crippen LogP contribution is 2.28. The summed E-state index contributed by atoms with van der Waals surface area (Å²) < 4.78 is 0. The second-order valence-electron chi connectivity index (χ2n) is 6.52. The van der Waals surface area contributed by atoms with Crippen molar-refractivity contribution >= 4 is 30.7 Å². The highest BCUT2D eigenvalue weighted by Gasteiger charge is 2.32. The van der Waals surface area contributed by atoms with E-state index in [-0.39, 0.29) is 36.8 Å². The van der Waals surface area contributed by atoms with Crippen LogP contribution in [0.1, 0.15) is 46.0 Å². The Morgan fingerprint density at radius 2 is 1.68 bits per heavy atom. The lowest BCUT2D eigenvalue weighted by Gasteiger charge is -2.35. The third-order valence-electron chi connectivity index (χ3n) is 5.16. The Hall–Kier alpha value is -0.0300. The Morgan fingerprint density at radius 1 is 1.09 bits per heavy atom. The van der Waals surface area contributed by atoms with Gasteiger partial charge in [0.05, 0.1) is 0 Å². The molecule has 1 aliphatic heterocycles. The van der Waals surface area contributed by atoms with E-state index in [4.69, 9.17) is 5.73 Å². The van der Waals surface area contributed by atoms with Crippen molar-refractivity contribution in [3.63, 3.8) is 0 Å². The molecular formula is C16H33Cl2N3O. The summed E-state index contributed by atoms with van der Waals surface area (Å²) in [5.41, 5.74) is 5.92. The van der Waals surface area contributed by atoms with E-state index >= 15 is 0 Å². The Bertz CT molecular complexity index is 319. The third-order valence-corrected chi connectivity index (χ3v) is 5.16. The maximum atomic E-state index is 12.4. The second-order valence-corrected chi connectivity index (χ2v) is 6.52. The molecule has 2 unspecified atom stereocenters. The Kier molecular flexibility index (Phi) is 10.7. The summed E-state index contributed by atoms with van der Waals surface area (Å²) in [6.07, 6.45) is 5.26. The smallest absolute Gasteiger partial charge is 0.225 e. The highest BCUT2D eigenvalue weighted by molar-refractivity contribution is 5.85. The molecule has 0 spiro atoms. The molecule has 2 atom stereocenters. The van der Waals surface area contributed by atoms with E-state index in [1.807, 2.05) is 0 Å². The molecular weight excluding hydrogens is 321 g/mol. The predicted molar refractivity (Wildman–Crippen MR) is 96.9 cm³/mol. The van der Waals surface area contributed by atoms with Crippen LogP contribution in [-0.4, -0.2) is 54.5 Å². The van der Waals surface area contributed by atoms with Crippen molar-refractivity contribution in [3.05, 3.63) is 0 Å². The molecule has 0 aromatic carbocycles. The van der Waals surface area contributed by atoms with Gasteiger partial charge >= 0.3 is 0 Å². The molecule has 2 aliphatic rings. The lowest BCUT2D eigenvalue weighted by Crippen LogP contribution is -2.43. The largest absolute Gasteiger partial charge is 0.342 e. The molecule has 2 fully saturated rings. The molecule has 6 heteroatoms. The van der Waals surface area contributed by atoms with Crippen molar-refractivity contribution in [1.82, 2.24) is 9.80 Å². The summed E-state index contributed by atoms with van der Waals surface area (Å²) in [5, 5.41) is 0. The lowest BCUT2D eigenvalue weighted by molar-refractivity contribution is -0.136. The zero-order valence-electron chi connectivity index (χ0n) is 14.0. The fourth-order valence-electron chi connectivity index (χ4n) is 3.68. The third kappa shape index (κ3) is 5.88. The van der Waals surface area contributed by atoms with E-state index in [0.717, 1.165) is 51.4 Å². The number of rotatable bonds is 5. The normalized spacial score (nSPS) is 25.7. The predicted octanol–water partition coefficient (Wildman–Crippen LogP) is 2.54. The number of carbonyl (C=O) groups excluding carboxylic acids is 1. The minimum absolute atomic E-state index is 0. The van der Waals surface area contributed by atoms with Crippen molar-refractivity contribution in [2.45, 2.75) is 52.0 Å². The van der Waals surface area contributed by atoms with Gasteiger partial charge in [-0.25, -0.2) is 0 Å². The van der Waals surface area contributed by atoms with E-state index in [1.165, 1.54) is 19.4 Å². The van der Waals surface area contributed by atoms with E-state index in [0.29, 0.717) is 5.91 Å². The molecule has 2 N–H and O–H groups in total. The van der Waals surface area contributed by atoms with Gasteiger partial charge in [0.2, 0.25) is 5.91 Å². The second kappa shape index (κ2) is 10.7. The first-order valence-electron chi connectivity index (χ1n) is 8.40. The zero-order chi connectivity index (χ0) is 14.5. The number of likely N-dealkylation sites (tertiary alicyclic amines) is 1. The summed E-state index contributed by atoms with van der Waals surface area (Å²) in [5.74, 6) is 1.35. The molecule has 2 rings (SSSR count). The number of hydrogen-bond donors (Lipinski definition) is 1. The molecule has 22 heavy (non-hydrogen) atoms. The van der Waals surface area contributed by atoms with Crippen LogP contribution in [0.15, 0.2) is 0 Å². The summed E-state index contributed by atoms with van der Waals surface area (Å²) in [4.78, 5) is 17.0. The molecule has 0 radical (unpaired) electrons. The minimum atomic E-state index is 0. The molecule has 1 saturated heterocycles. The van der Waals surface area contributed by atoms with Gasteiger partial charge in [0.15, 0.2) is 0 Å². The van der Waals surface area contributed by atoms with Gasteiger partial charge in [0.1, 0.15) is 0 Å². The van der Waals surface area contributed by atoms with Gasteiger partial charge in [0, 0.05) is 31.6 Å². The van der Waals surface area contributed by atoms with Gasteiger partial charge in [-0.15, -0.1) is 24.8 Å². The number of halogens is 2. The van der Waals surface area contributed by atoms with Crippen LogP contribution in [0.2, 0.25) is 0 Å². The molecule has 0 aromatic heterocycles. The fraction of sp³-hybridized carbons (Fsp3) is 0.938. The first-order chi connectivity index (χ1) is 9.63. The van der Waals surface area contributed by atoms with Gasteiger partial charge in [0.25, 0.3) is 0 Å². The van der Waals surface area contributed by atoms with E-state index < -0.39 is 0 Å². The average molecular weight is 354 g/mol. The Labute approximate surface area is 148 Å². The number of hydrogen-bond acceptors (Lipinski definition) is 3. The van der Waals surface area contributed by atoms with Crippen LogP contribution in [0.3, 0.4) is 0 Å². The van der Waals surface area contributed by atoms with Gasteiger partial charge in [-0.05, 0) is 51.1 Å². The van der Waals surface area contributed by atoms with Crippen LogP contribution in [0.5, 0.6) is 0 Å². The van der Waals surface area contributed by atoms with Crippen LogP contribution in [0.25, 0.3) is 0 Å². The summed E-state index contributed by atoms with van der Waals surface area (Å²) >= 11 is 0. The van der Waals surface area contributed by atoms with Crippen molar-refractivity contribution in [2.24, 2.45) is 17.6 Å². The maximum Gasteiger partial charge on any atom is 0.225 e. The molecule has 1 aliphatic carbocycles. The summed E-state index contributed by atoms with van der Waals surface area (Å²) in [6.45, 7) is 9.83. The van der Waals surface area contributed by atoms with E-state index in [9.17, 15) is 4.79 Å². The minimum Gasteiger partial charge on any atom is -0.342 e. The molecule has 4 nitrogen and oxygen atoms in total. The number of piperidine rings is 1. The van der Waals surface area contributed by atoms with Crippen LogP contribution in [-0.2, 0) is 4.79 Å². The van der Waals surface area contributed by atoms with Gasteiger partial charge < -0.3 is 15.5 Å². The number of nitrogens with two attached hydrogens (primary N) is 1. The van der Waals surface area contributed by atoms with Crippen LogP contribution in [0.4, 0.5) is 0 Å². The molecule has 0 bridgehead atoms. The van der Waals surface area contributed by atoms with Gasteiger partial charge in [-0.1, -0.05) is 13.8 Å². The van der Waals surface area contributed by atoms with Crippen molar-refractivity contribution in [2.75, 3.05) is 32.7 Å². The van der Waals surface area contributed by atoms with Crippen molar-refractivity contribution in [1.29, 1.82) is 0 Å². The van der Waals surface area contributed by atoms with Gasteiger partial charge in [-0.2, -0.15) is 0 Å². The Morgan fingerprint density at radius 3 is 2.14 bits per heavy atom. The monoisotopic (exact) mass is 353 g/mol. The first kappa shape index (κ1) is 22.0. The highest BCUT2D eigenvalue weighted by atomic mass is 35.5. The molecule has 1 amide bonds. The fourth-order valence-corrected chi connectivity index (χ4v) is 3.68. The number of carbonyl (C=O) groups is 1. The maximum absolute atomic E-state index is 12.4. The Balaban J connectivity index is 0.00000220. The molecule has 0 aromatic rings. The number of nitrogens with zero attached hydrogens (tertiary/aromatic N) is 2. The summed E-state index contributed by atoms with van der Waals surface area (Å²) in [6, 6.07) is 0.254. The van der Waals surface area contributed by atoms with E-state index in [2.05, 4.69) is 23.6 Å². The zero-order valence-corrected chi connectivity index (χ0v) is 15.6. The van der Waals surface area contributed by atoms with Crippen LogP contribution < -0.4 is 5.73 Å². The van der Waals surface area contributed by atoms with Gasteiger partial charge in [-0.3, -0.25) is 4.79 Å².